The Labute approximate surface area is 118 Å². The van der Waals surface area contributed by atoms with Crippen LogP contribution in [0.3, 0.4) is 0 Å². The van der Waals surface area contributed by atoms with Gasteiger partial charge < -0.3 is 14.7 Å². The van der Waals surface area contributed by atoms with E-state index in [0.29, 0.717) is 6.54 Å². The summed E-state index contributed by atoms with van der Waals surface area (Å²) in [6, 6.07) is 7.96. The van der Waals surface area contributed by atoms with Crippen molar-refractivity contribution in [3.8, 4) is 0 Å². The number of benzene rings is 1. The number of hydrogen-bond acceptors (Lipinski definition) is 4. The van der Waals surface area contributed by atoms with E-state index in [1.54, 1.807) is 4.90 Å². The predicted octanol–water partition coefficient (Wildman–Crippen LogP) is 0.616. The lowest BCUT2D eigenvalue weighted by molar-refractivity contribution is -0.117. The molecule has 20 heavy (non-hydrogen) atoms. The second kappa shape index (κ2) is 5.91. The maximum Gasteiger partial charge on any atom is 0.229 e. The Morgan fingerprint density at radius 3 is 2.70 bits per heavy atom. The van der Waals surface area contributed by atoms with E-state index in [1.807, 2.05) is 18.2 Å². The van der Waals surface area contributed by atoms with E-state index >= 15 is 0 Å². The minimum absolute atomic E-state index is 0.00641. The molecule has 1 unspecified atom stereocenters. The minimum atomic E-state index is -0.543. The number of hydrogen-bond donors (Lipinski definition) is 1. The predicted molar refractivity (Wildman–Crippen MR) is 75.5 cm³/mol. The van der Waals surface area contributed by atoms with Crippen molar-refractivity contribution in [3.63, 3.8) is 0 Å². The van der Waals surface area contributed by atoms with Crippen molar-refractivity contribution in [2.24, 2.45) is 0 Å². The molecule has 1 atom stereocenters. The highest BCUT2D eigenvalue weighted by Crippen LogP contribution is 2.26. The Morgan fingerprint density at radius 1 is 1.25 bits per heavy atom. The number of anilines is 1. The third kappa shape index (κ3) is 2.85. The van der Waals surface area contributed by atoms with E-state index < -0.39 is 6.10 Å². The number of amides is 1. The summed E-state index contributed by atoms with van der Waals surface area (Å²) in [7, 11) is 0. The SMILES string of the molecule is O=C1CC(O)CN1c1ccccc1CN1CCOCC1. The summed E-state index contributed by atoms with van der Waals surface area (Å²) in [4.78, 5) is 16.0. The molecule has 0 bridgehead atoms. The van der Waals surface area contributed by atoms with Crippen LogP contribution in [-0.2, 0) is 16.1 Å². The summed E-state index contributed by atoms with van der Waals surface area (Å²) in [5.74, 6) is 0.00641. The van der Waals surface area contributed by atoms with E-state index in [-0.39, 0.29) is 12.3 Å². The smallest absolute Gasteiger partial charge is 0.229 e. The molecule has 2 heterocycles. The van der Waals surface area contributed by atoms with Gasteiger partial charge in [0.25, 0.3) is 0 Å². The molecule has 2 aliphatic heterocycles. The van der Waals surface area contributed by atoms with Crippen molar-refractivity contribution in [2.45, 2.75) is 19.1 Å². The van der Waals surface area contributed by atoms with Crippen molar-refractivity contribution in [1.29, 1.82) is 0 Å². The fraction of sp³-hybridized carbons (Fsp3) is 0.533. The summed E-state index contributed by atoms with van der Waals surface area (Å²) in [5, 5.41) is 9.65. The van der Waals surface area contributed by atoms with Crippen LogP contribution in [-0.4, -0.2) is 54.9 Å². The van der Waals surface area contributed by atoms with Crippen LogP contribution in [0.25, 0.3) is 0 Å². The number of ether oxygens (including phenoxy) is 1. The van der Waals surface area contributed by atoms with Crippen LogP contribution in [0.15, 0.2) is 24.3 Å². The number of β-amino-alcohol motifs (C(OH)–C–C–N with tert-alkyl or cyclic N) is 1. The number of carbonyl (C=O) groups excluding carboxylic acids is 1. The van der Waals surface area contributed by atoms with E-state index in [0.717, 1.165) is 44.1 Å². The average Bonchev–Trinajstić information content (AvgIpc) is 2.79. The molecule has 1 aromatic rings. The van der Waals surface area contributed by atoms with Gasteiger partial charge in [0.15, 0.2) is 0 Å². The minimum Gasteiger partial charge on any atom is -0.391 e. The Balaban J connectivity index is 1.79. The van der Waals surface area contributed by atoms with Crippen LogP contribution < -0.4 is 4.90 Å². The molecule has 108 valence electrons. The molecule has 0 spiro atoms. The van der Waals surface area contributed by atoms with Gasteiger partial charge in [0.05, 0.1) is 32.3 Å². The second-order valence-electron chi connectivity index (χ2n) is 5.38. The van der Waals surface area contributed by atoms with Gasteiger partial charge in [0.1, 0.15) is 0 Å². The molecule has 2 aliphatic rings. The third-order valence-corrected chi connectivity index (χ3v) is 3.88. The van der Waals surface area contributed by atoms with Crippen LogP contribution >= 0.6 is 0 Å². The molecule has 0 radical (unpaired) electrons. The van der Waals surface area contributed by atoms with Crippen LogP contribution in [0, 0.1) is 0 Å². The van der Waals surface area contributed by atoms with Gasteiger partial charge in [-0.25, -0.2) is 0 Å². The molecule has 0 aromatic heterocycles. The van der Waals surface area contributed by atoms with Crippen molar-refractivity contribution < 1.29 is 14.6 Å². The lowest BCUT2D eigenvalue weighted by Crippen LogP contribution is -2.36. The molecular weight excluding hydrogens is 256 g/mol. The second-order valence-corrected chi connectivity index (χ2v) is 5.38. The number of nitrogens with zero attached hydrogens (tertiary/aromatic N) is 2. The molecule has 0 aliphatic carbocycles. The van der Waals surface area contributed by atoms with Gasteiger partial charge >= 0.3 is 0 Å². The van der Waals surface area contributed by atoms with Gasteiger partial charge in [-0.3, -0.25) is 9.69 Å². The quantitative estimate of drug-likeness (QED) is 0.879. The zero-order valence-electron chi connectivity index (χ0n) is 11.5. The van der Waals surface area contributed by atoms with E-state index in [9.17, 15) is 9.90 Å². The first-order chi connectivity index (χ1) is 9.74. The standard InChI is InChI=1S/C15H20N2O3/c18-13-9-15(19)17(11-13)14-4-2-1-3-12(14)10-16-5-7-20-8-6-16/h1-4,13,18H,5-11H2. The molecule has 2 saturated heterocycles. The van der Waals surface area contributed by atoms with E-state index in [4.69, 9.17) is 4.74 Å². The van der Waals surface area contributed by atoms with Crippen molar-refractivity contribution in [3.05, 3.63) is 29.8 Å². The van der Waals surface area contributed by atoms with Gasteiger partial charge in [-0.1, -0.05) is 18.2 Å². The zero-order valence-corrected chi connectivity index (χ0v) is 11.5. The van der Waals surface area contributed by atoms with Crippen molar-refractivity contribution in [1.82, 2.24) is 4.90 Å². The molecular formula is C15H20N2O3. The number of aliphatic hydroxyl groups is 1. The first kappa shape index (κ1) is 13.5. The maximum absolute atomic E-state index is 12.0. The molecule has 3 rings (SSSR count). The van der Waals surface area contributed by atoms with Crippen molar-refractivity contribution in [2.75, 3.05) is 37.7 Å². The zero-order chi connectivity index (χ0) is 13.9. The van der Waals surface area contributed by atoms with Crippen LogP contribution in [0.1, 0.15) is 12.0 Å². The molecule has 1 amide bonds. The van der Waals surface area contributed by atoms with Gasteiger partial charge in [0.2, 0.25) is 5.91 Å². The molecule has 5 nitrogen and oxygen atoms in total. The molecule has 0 saturated carbocycles. The summed E-state index contributed by atoms with van der Waals surface area (Å²) in [5.41, 5.74) is 2.07. The Bertz CT molecular complexity index is 486. The average molecular weight is 276 g/mol. The lowest BCUT2D eigenvalue weighted by atomic mass is 10.1. The number of para-hydroxylation sites is 1. The Kier molecular flexibility index (Phi) is 4.00. The Morgan fingerprint density at radius 2 is 2.00 bits per heavy atom. The normalized spacial score (nSPS) is 24.4. The highest BCUT2D eigenvalue weighted by atomic mass is 16.5. The summed E-state index contributed by atoms with van der Waals surface area (Å²) < 4.78 is 5.36. The first-order valence-electron chi connectivity index (χ1n) is 7.10. The fourth-order valence-electron chi connectivity index (χ4n) is 2.83. The molecule has 5 heteroatoms. The summed E-state index contributed by atoms with van der Waals surface area (Å²) >= 11 is 0. The van der Waals surface area contributed by atoms with Crippen molar-refractivity contribution >= 4 is 11.6 Å². The topological polar surface area (TPSA) is 53.0 Å². The highest BCUT2D eigenvalue weighted by Gasteiger charge is 2.30. The number of carbonyl (C=O) groups is 1. The molecule has 1 N–H and O–H groups in total. The van der Waals surface area contributed by atoms with Crippen LogP contribution in [0.4, 0.5) is 5.69 Å². The van der Waals surface area contributed by atoms with Crippen LogP contribution in [0.2, 0.25) is 0 Å². The summed E-state index contributed by atoms with van der Waals surface area (Å²) in [6.45, 7) is 4.60. The van der Waals surface area contributed by atoms with Gasteiger partial charge in [0, 0.05) is 25.3 Å². The summed E-state index contributed by atoms with van der Waals surface area (Å²) in [6.07, 6.45) is -0.315. The van der Waals surface area contributed by atoms with Gasteiger partial charge in [-0.2, -0.15) is 0 Å². The van der Waals surface area contributed by atoms with Crippen LogP contribution in [0.5, 0.6) is 0 Å². The monoisotopic (exact) mass is 276 g/mol. The van der Waals surface area contributed by atoms with Gasteiger partial charge in [-0.15, -0.1) is 0 Å². The number of rotatable bonds is 3. The maximum atomic E-state index is 12.0. The number of aliphatic hydroxyl groups excluding tert-OH is 1. The van der Waals surface area contributed by atoms with Gasteiger partial charge in [-0.05, 0) is 11.6 Å². The van der Waals surface area contributed by atoms with E-state index in [2.05, 4.69) is 11.0 Å². The first-order valence-corrected chi connectivity index (χ1v) is 7.10. The number of morpholine rings is 1. The fourth-order valence-corrected chi connectivity index (χ4v) is 2.83. The highest BCUT2D eigenvalue weighted by molar-refractivity contribution is 5.96. The van der Waals surface area contributed by atoms with E-state index in [1.165, 1.54) is 0 Å². The largest absolute Gasteiger partial charge is 0.391 e. The molecule has 1 aromatic carbocycles. The lowest BCUT2D eigenvalue weighted by Gasteiger charge is -2.28. The Hall–Kier alpha value is -1.43. The third-order valence-electron chi connectivity index (χ3n) is 3.88. The molecule has 2 fully saturated rings.